The summed E-state index contributed by atoms with van der Waals surface area (Å²) in [6.45, 7) is 8.90. The molecule has 0 aromatic heterocycles. The van der Waals surface area contributed by atoms with Gasteiger partial charge in [-0.15, -0.1) is 0 Å². The van der Waals surface area contributed by atoms with Crippen molar-refractivity contribution in [1.29, 1.82) is 0 Å². The molecule has 2 amide bonds. The highest BCUT2D eigenvalue weighted by molar-refractivity contribution is 6.31. The Kier molecular flexibility index (Phi) is 9.42. The summed E-state index contributed by atoms with van der Waals surface area (Å²) in [6, 6.07) is 10.3. The Labute approximate surface area is 205 Å². The van der Waals surface area contributed by atoms with Crippen molar-refractivity contribution < 1.29 is 23.8 Å². The predicted molar refractivity (Wildman–Crippen MR) is 133 cm³/mol. The van der Waals surface area contributed by atoms with E-state index in [4.69, 9.17) is 25.8 Å². The number of halogens is 1. The molecule has 2 aromatic carbocycles. The Balaban J connectivity index is 1.87. The molecule has 0 saturated carbocycles. The molecule has 8 nitrogen and oxygen atoms in total. The number of nitrogens with one attached hydrogen (secondary N) is 2. The van der Waals surface area contributed by atoms with Crippen LogP contribution in [-0.2, 0) is 14.3 Å². The van der Waals surface area contributed by atoms with Crippen LogP contribution in [0.3, 0.4) is 0 Å². The molecular formula is C25H32ClN3O5. The molecule has 34 heavy (non-hydrogen) atoms. The third-order valence-corrected chi connectivity index (χ3v) is 5.68. The molecule has 184 valence electrons. The Morgan fingerprint density at radius 1 is 1.09 bits per heavy atom. The first-order valence-electron chi connectivity index (χ1n) is 11.5. The van der Waals surface area contributed by atoms with Gasteiger partial charge in [-0.25, -0.2) is 0 Å². The van der Waals surface area contributed by atoms with Crippen molar-refractivity contribution in [2.24, 2.45) is 0 Å². The molecular weight excluding hydrogens is 458 g/mol. The third kappa shape index (κ3) is 6.77. The van der Waals surface area contributed by atoms with Crippen molar-refractivity contribution in [2.75, 3.05) is 49.7 Å². The molecule has 1 aliphatic rings. The Morgan fingerprint density at radius 2 is 1.76 bits per heavy atom. The Bertz CT molecular complexity index is 995. The molecule has 0 unspecified atom stereocenters. The number of hydrogen-bond donors (Lipinski definition) is 2. The lowest BCUT2D eigenvalue weighted by atomic mass is 10.0. The summed E-state index contributed by atoms with van der Waals surface area (Å²) in [6.07, 6.45) is 0.00403. The Morgan fingerprint density at radius 3 is 2.41 bits per heavy atom. The number of benzene rings is 2. The molecule has 1 atom stereocenters. The summed E-state index contributed by atoms with van der Waals surface area (Å²) in [7, 11) is 0. The summed E-state index contributed by atoms with van der Waals surface area (Å²) in [5, 5.41) is 6.24. The highest BCUT2D eigenvalue weighted by Gasteiger charge is 2.23. The Hall–Kier alpha value is -2.97. The number of ether oxygens (including phenoxy) is 3. The zero-order valence-corrected chi connectivity index (χ0v) is 20.6. The smallest absolute Gasteiger partial charge is 0.226 e. The second-order valence-electron chi connectivity index (χ2n) is 7.81. The van der Waals surface area contributed by atoms with Gasteiger partial charge in [0, 0.05) is 37.2 Å². The molecule has 2 N–H and O–H groups in total. The maximum Gasteiger partial charge on any atom is 0.226 e. The number of hydrogen-bond acceptors (Lipinski definition) is 6. The number of rotatable bonds is 10. The number of morpholine rings is 1. The molecule has 3 rings (SSSR count). The van der Waals surface area contributed by atoms with E-state index in [0.717, 1.165) is 18.8 Å². The van der Waals surface area contributed by atoms with Crippen LogP contribution in [0, 0.1) is 0 Å². The fraction of sp³-hybridized carbons (Fsp3) is 0.440. The summed E-state index contributed by atoms with van der Waals surface area (Å²) in [5.41, 5.74) is 2.09. The van der Waals surface area contributed by atoms with Crippen molar-refractivity contribution in [3.63, 3.8) is 0 Å². The molecule has 1 fully saturated rings. The largest absolute Gasteiger partial charge is 0.492 e. The quantitative estimate of drug-likeness (QED) is 0.520. The monoisotopic (exact) mass is 489 g/mol. The summed E-state index contributed by atoms with van der Waals surface area (Å²) in [4.78, 5) is 27.0. The maximum atomic E-state index is 13.1. The standard InChI is InChI=1S/C25H32ClN3O5/c1-4-33-23-16-22(29-10-12-32-13-11-29)24(34-5-2)14-21(23)28-25(31)15-20(27-17(3)30)18-8-6-7-9-19(18)26/h6-9,14,16,20H,4-5,10-13,15H2,1-3H3,(H,27,30)(H,28,31)/t20-/m1/s1. The first-order valence-corrected chi connectivity index (χ1v) is 11.9. The molecule has 0 spiro atoms. The van der Waals surface area contributed by atoms with E-state index in [0.29, 0.717) is 54.2 Å². The van der Waals surface area contributed by atoms with Crippen molar-refractivity contribution >= 4 is 34.8 Å². The van der Waals surface area contributed by atoms with E-state index >= 15 is 0 Å². The van der Waals surface area contributed by atoms with Gasteiger partial charge in [0.2, 0.25) is 11.8 Å². The first-order chi connectivity index (χ1) is 16.4. The maximum absolute atomic E-state index is 13.1. The van der Waals surface area contributed by atoms with Gasteiger partial charge in [-0.2, -0.15) is 0 Å². The van der Waals surface area contributed by atoms with Gasteiger partial charge in [0.05, 0.1) is 50.3 Å². The molecule has 1 heterocycles. The summed E-state index contributed by atoms with van der Waals surface area (Å²) >= 11 is 6.33. The lowest BCUT2D eigenvalue weighted by Crippen LogP contribution is -2.36. The van der Waals surface area contributed by atoms with Gasteiger partial charge >= 0.3 is 0 Å². The van der Waals surface area contributed by atoms with E-state index in [-0.39, 0.29) is 18.2 Å². The molecule has 0 aliphatic carbocycles. The van der Waals surface area contributed by atoms with Crippen molar-refractivity contribution in [3.8, 4) is 11.5 Å². The minimum Gasteiger partial charge on any atom is -0.492 e. The SMILES string of the molecule is CCOc1cc(N2CCOCC2)c(OCC)cc1NC(=O)C[C@@H](NC(C)=O)c1ccccc1Cl. The van der Waals surface area contributed by atoms with E-state index in [1.165, 1.54) is 6.92 Å². The normalized spacial score (nSPS) is 14.3. The zero-order chi connectivity index (χ0) is 24.5. The van der Waals surface area contributed by atoms with Crippen LogP contribution in [-0.4, -0.2) is 51.3 Å². The van der Waals surface area contributed by atoms with Crippen LogP contribution in [0.2, 0.25) is 5.02 Å². The second-order valence-corrected chi connectivity index (χ2v) is 8.22. The van der Waals surface area contributed by atoms with E-state index < -0.39 is 6.04 Å². The van der Waals surface area contributed by atoms with Gasteiger partial charge in [0.15, 0.2) is 0 Å². The average molecular weight is 490 g/mol. The van der Waals surface area contributed by atoms with Gasteiger partial charge in [-0.3, -0.25) is 9.59 Å². The van der Waals surface area contributed by atoms with Crippen LogP contribution in [0.15, 0.2) is 36.4 Å². The van der Waals surface area contributed by atoms with Crippen molar-refractivity contribution in [3.05, 3.63) is 47.0 Å². The lowest BCUT2D eigenvalue weighted by Gasteiger charge is -2.31. The fourth-order valence-electron chi connectivity index (χ4n) is 3.87. The third-order valence-electron chi connectivity index (χ3n) is 5.33. The predicted octanol–water partition coefficient (Wildman–Crippen LogP) is 4.18. The minimum absolute atomic E-state index is 0.00403. The number of nitrogens with zero attached hydrogens (tertiary/aromatic N) is 1. The molecule has 2 aromatic rings. The van der Waals surface area contributed by atoms with Crippen molar-refractivity contribution in [1.82, 2.24) is 5.32 Å². The van der Waals surface area contributed by atoms with E-state index in [1.807, 2.05) is 26.0 Å². The van der Waals surface area contributed by atoms with Gasteiger partial charge in [-0.05, 0) is 25.5 Å². The van der Waals surface area contributed by atoms with Gasteiger partial charge < -0.3 is 29.7 Å². The number of amides is 2. The fourth-order valence-corrected chi connectivity index (χ4v) is 4.14. The topological polar surface area (TPSA) is 89.1 Å². The second kappa shape index (κ2) is 12.5. The molecule has 0 radical (unpaired) electrons. The number of carbonyl (C=O) groups is 2. The van der Waals surface area contributed by atoms with Crippen LogP contribution in [0.1, 0.15) is 38.8 Å². The molecule has 0 bridgehead atoms. The first kappa shape index (κ1) is 25.6. The van der Waals surface area contributed by atoms with Crippen molar-refractivity contribution in [2.45, 2.75) is 33.2 Å². The van der Waals surface area contributed by atoms with E-state index in [1.54, 1.807) is 24.3 Å². The van der Waals surface area contributed by atoms with E-state index in [2.05, 4.69) is 15.5 Å². The lowest BCUT2D eigenvalue weighted by molar-refractivity contribution is -0.120. The van der Waals surface area contributed by atoms with Crippen LogP contribution < -0.4 is 25.0 Å². The average Bonchev–Trinajstić information content (AvgIpc) is 2.81. The zero-order valence-electron chi connectivity index (χ0n) is 19.9. The van der Waals surface area contributed by atoms with Gasteiger partial charge in [0.1, 0.15) is 11.5 Å². The van der Waals surface area contributed by atoms with Crippen LogP contribution in [0.25, 0.3) is 0 Å². The minimum atomic E-state index is -0.569. The molecule has 9 heteroatoms. The highest BCUT2D eigenvalue weighted by atomic mass is 35.5. The summed E-state index contributed by atoms with van der Waals surface area (Å²) < 4.78 is 17.2. The van der Waals surface area contributed by atoms with Gasteiger partial charge in [0.25, 0.3) is 0 Å². The van der Waals surface area contributed by atoms with E-state index in [9.17, 15) is 9.59 Å². The summed E-state index contributed by atoms with van der Waals surface area (Å²) in [5.74, 6) is 0.671. The molecule has 1 saturated heterocycles. The highest BCUT2D eigenvalue weighted by Crippen LogP contribution is 2.39. The number of carbonyl (C=O) groups excluding carboxylic acids is 2. The molecule has 1 aliphatic heterocycles. The van der Waals surface area contributed by atoms with Gasteiger partial charge in [-0.1, -0.05) is 29.8 Å². The van der Waals surface area contributed by atoms with Crippen LogP contribution in [0.4, 0.5) is 11.4 Å². The van der Waals surface area contributed by atoms with Crippen LogP contribution >= 0.6 is 11.6 Å². The van der Waals surface area contributed by atoms with Crippen LogP contribution in [0.5, 0.6) is 11.5 Å². The number of anilines is 2.